The number of hydrogen-bond acceptors (Lipinski definition) is 4. The van der Waals surface area contributed by atoms with E-state index in [0.29, 0.717) is 19.3 Å². The first-order chi connectivity index (χ1) is 14.0. The molecule has 29 heavy (non-hydrogen) atoms. The molecular formula is C23H31N3O3. The van der Waals surface area contributed by atoms with E-state index in [9.17, 15) is 14.4 Å². The van der Waals surface area contributed by atoms with Crippen molar-refractivity contribution in [1.29, 1.82) is 0 Å². The molecule has 3 saturated heterocycles. The molecule has 0 saturated carbocycles. The Bertz CT molecular complexity index is 746. The van der Waals surface area contributed by atoms with Crippen molar-refractivity contribution in [3.8, 4) is 0 Å². The van der Waals surface area contributed by atoms with Crippen molar-refractivity contribution >= 4 is 17.7 Å². The van der Waals surface area contributed by atoms with Crippen LogP contribution in [-0.4, -0.2) is 65.1 Å². The maximum absolute atomic E-state index is 12.9. The molecule has 3 heterocycles. The summed E-state index contributed by atoms with van der Waals surface area (Å²) < 4.78 is 0. The van der Waals surface area contributed by atoms with Crippen LogP contribution in [0.5, 0.6) is 0 Å². The standard InChI is InChI=1S/C23H31N3O3/c27-20-9-4-10-21(28)26(20)16-22(29)25-14-6-12-23(18-25)11-5-13-24(17-23)15-19-7-2-1-3-8-19/h1-3,7-8H,4-6,9-18H2. The third-order valence-corrected chi connectivity index (χ3v) is 6.68. The van der Waals surface area contributed by atoms with E-state index in [1.54, 1.807) is 0 Å². The summed E-state index contributed by atoms with van der Waals surface area (Å²) in [5, 5.41) is 0. The largest absolute Gasteiger partial charge is 0.341 e. The molecule has 0 bridgehead atoms. The number of benzene rings is 1. The van der Waals surface area contributed by atoms with Crippen LogP contribution in [0.2, 0.25) is 0 Å². The monoisotopic (exact) mass is 397 g/mol. The third-order valence-electron chi connectivity index (χ3n) is 6.68. The highest BCUT2D eigenvalue weighted by molar-refractivity contribution is 6.00. The van der Waals surface area contributed by atoms with Crippen molar-refractivity contribution in [2.45, 2.75) is 51.5 Å². The van der Waals surface area contributed by atoms with E-state index in [0.717, 1.165) is 58.4 Å². The number of imide groups is 1. The SMILES string of the molecule is O=C(CN1C(=O)CCCC1=O)N1CCCC2(CCCN(Cc3ccccc3)C2)C1. The maximum Gasteiger partial charge on any atom is 0.242 e. The molecule has 3 fully saturated rings. The fourth-order valence-electron chi connectivity index (χ4n) is 5.25. The predicted molar refractivity (Wildman–Crippen MR) is 110 cm³/mol. The molecule has 3 aliphatic heterocycles. The Kier molecular flexibility index (Phi) is 5.99. The Morgan fingerprint density at radius 3 is 2.31 bits per heavy atom. The fourth-order valence-corrected chi connectivity index (χ4v) is 5.25. The second kappa shape index (κ2) is 8.66. The lowest BCUT2D eigenvalue weighted by Crippen LogP contribution is -2.55. The molecule has 1 atom stereocenters. The third kappa shape index (κ3) is 4.69. The molecule has 156 valence electrons. The van der Waals surface area contributed by atoms with Crippen LogP contribution in [-0.2, 0) is 20.9 Å². The number of likely N-dealkylation sites (tertiary alicyclic amines) is 3. The molecule has 1 aromatic rings. The Labute approximate surface area is 172 Å². The Balaban J connectivity index is 1.38. The number of carbonyl (C=O) groups excluding carboxylic acids is 3. The number of hydrogen-bond donors (Lipinski definition) is 0. The zero-order valence-corrected chi connectivity index (χ0v) is 17.1. The maximum atomic E-state index is 12.9. The molecule has 0 aliphatic carbocycles. The van der Waals surface area contributed by atoms with Crippen molar-refractivity contribution < 1.29 is 14.4 Å². The molecule has 0 radical (unpaired) electrons. The van der Waals surface area contributed by atoms with Crippen LogP contribution < -0.4 is 0 Å². The van der Waals surface area contributed by atoms with Gasteiger partial charge in [-0.05, 0) is 44.2 Å². The molecular weight excluding hydrogens is 366 g/mol. The zero-order chi connectivity index (χ0) is 20.3. The van der Waals surface area contributed by atoms with Crippen LogP contribution in [0.25, 0.3) is 0 Å². The van der Waals surface area contributed by atoms with Gasteiger partial charge in [0.2, 0.25) is 17.7 Å². The van der Waals surface area contributed by atoms with Gasteiger partial charge in [0.1, 0.15) is 6.54 Å². The van der Waals surface area contributed by atoms with Gasteiger partial charge < -0.3 is 4.90 Å². The van der Waals surface area contributed by atoms with Crippen molar-refractivity contribution in [3.63, 3.8) is 0 Å². The Morgan fingerprint density at radius 1 is 0.897 bits per heavy atom. The fraction of sp³-hybridized carbons (Fsp3) is 0.609. The summed E-state index contributed by atoms with van der Waals surface area (Å²) >= 11 is 0. The molecule has 3 amide bonds. The zero-order valence-electron chi connectivity index (χ0n) is 17.1. The van der Waals surface area contributed by atoms with Crippen LogP contribution in [0.3, 0.4) is 0 Å². The highest BCUT2D eigenvalue weighted by Crippen LogP contribution is 2.39. The van der Waals surface area contributed by atoms with Crippen LogP contribution in [0.15, 0.2) is 30.3 Å². The summed E-state index contributed by atoms with van der Waals surface area (Å²) in [6.45, 7) is 4.45. The minimum absolute atomic E-state index is 0.0761. The number of rotatable bonds is 4. The molecule has 0 N–H and O–H groups in total. The van der Waals surface area contributed by atoms with Crippen molar-refractivity contribution in [2.24, 2.45) is 5.41 Å². The van der Waals surface area contributed by atoms with Gasteiger partial charge in [0.05, 0.1) is 0 Å². The van der Waals surface area contributed by atoms with E-state index in [2.05, 4.69) is 29.2 Å². The molecule has 1 unspecified atom stereocenters. The summed E-state index contributed by atoms with van der Waals surface area (Å²) in [6.07, 6.45) is 5.78. The Morgan fingerprint density at radius 2 is 1.59 bits per heavy atom. The molecule has 1 spiro atoms. The summed E-state index contributed by atoms with van der Waals surface area (Å²) in [7, 11) is 0. The molecule has 1 aromatic carbocycles. The van der Waals surface area contributed by atoms with Crippen LogP contribution >= 0.6 is 0 Å². The quantitative estimate of drug-likeness (QED) is 0.732. The minimum Gasteiger partial charge on any atom is -0.341 e. The molecule has 6 nitrogen and oxygen atoms in total. The summed E-state index contributed by atoms with van der Waals surface area (Å²) in [4.78, 5) is 42.6. The van der Waals surface area contributed by atoms with Gasteiger partial charge >= 0.3 is 0 Å². The molecule has 0 aromatic heterocycles. The number of amides is 3. The molecule has 6 heteroatoms. The lowest BCUT2D eigenvalue weighted by molar-refractivity contribution is -0.154. The van der Waals surface area contributed by atoms with Gasteiger partial charge in [0.25, 0.3) is 0 Å². The molecule has 4 rings (SSSR count). The summed E-state index contributed by atoms with van der Waals surface area (Å²) in [5.74, 6) is -0.478. The van der Waals surface area contributed by atoms with Crippen LogP contribution in [0.1, 0.15) is 50.5 Å². The van der Waals surface area contributed by atoms with E-state index in [1.807, 2.05) is 11.0 Å². The normalized spacial score (nSPS) is 26.2. The Hall–Kier alpha value is -2.21. The predicted octanol–water partition coefficient (Wildman–Crippen LogP) is 2.43. The van der Waals surface area contributed by atoms with E-state index in [4.69, 9.17) is 0 Å². The van der Waals surface area contributed by atoms with Crippen LogP contribution in [0, 0.1) is 5.41 Å². The van der Waals surface area contributed by atoms with Gasteiger partial charge in [-0.25, -0.2) is 0 Å². The van der Waals surface area contributed by atoms with Crippen molar-refractivity contribution in [2.75, 3.05) is 32.7 Å². The second-order valence-corrected chi connectivity index (χ2v) is 8.95. The van der Waals surface area contributed by atoms with Gasteiger partial charge in [-0.3, -0.25) is 24.2 Å². The minimum atomic E-state index is -0.201. The van der Waals surface area contributed by atoms with Gasteiger partial charge in [-0.1, -0.05) is 30.3 Å². The first-order valence-electron chi connectivity index (χ1n) is 10.9. The van der Waals surface area contributed by atoms with Crippen LogP contribution in [0.4, 0.5) is 0 Å². The number of carbonyl (C=O) groups is 3. The number of nitrogens with zero attached hydrogens (tertiary/aromatic N) is 3. The smallest absolute Gasteiger partial charge is 0.242 e. The summed E-state index contributed by atoms with van der Waals surface area (Å²) in [6, 6.07) is 10.6. The lowest BCUT2D eigenvalue weighted by atomic mass is 9.73. The number of piperidine rings is 3. The van der Waals surface area contributed by atoms with E-state index in [1.165, 1.54) is 10.5 Å². The van der Waals surface area contributed by atoms with E-state index in [-0.39, 0.29) is 29.7 Å². The highest BCUT2D eigenvalue weighted by Gasteiger charge is 2.41. The van der Waals surface area contributed by atoms with Gasteiger partial charge in [-0.2, -0.15) is 0 Å². The first kappa shape index (κ1) is 20.1. The van der Waals surface area contributed by atoms with E-state index < -0.39 is 0 Å². The van der Waals surface area contributed by atoms with Gasteiger partial charge in [-0.15, -0.1) is 0 Å². The lowest BCUT2D eigenvalue weighted by Gasteiger charge is -2.48. The van der Waals surface area contributed by atoms with Crippen molar-refractivity contribution in [1.82, 2.24) is 14.7 Å². The van der Waals surface area contributed by atoms with Gasteiger partial charge in [0.15, 0.2) is 0 Å². The molecule has 3 aliphatic rings. The van der Waals surface area contributed by atoms with E-state index >= 15 is 0 Å². The van der Waals surface area contributed by atoms with Crippen molar-refractivity contribution in [3.05, 3.63) is 35.9 Å². The summed E-state index contributed by atoms with van der Waals surface area (Å²) in [5.41, 5.74) is 1.46. The topological polar surface area (TPSA) is 60.9 Å². The van der Waals surface area contributed by atoms with Gasteiger partial charge in [0, 0.05) is 44.4 Å². The highest BCUT2D eigenvalue weighted by atomic mass is 16.2. The first-order valence-corrected chi connectivity index (χ1v) is 10.9. The average Bonchev–Trinajstić information content (AvgIpc) is 2.71. The second-order valence-electron chi connectivity index (χ2n) is 8.95. The average molecular weight is 398 g/mol.